The van der Waals surface area contributed by atoms with Gasteiger partial charge in [0, 0.05) is 17.5 Å². The molecule has 256 valence electrons. The zero-order chi connectivity index (χ0) is 34.4. The Hall–Kier alpha value is -3.60. The van der Waals surface area contributed by atoms with E-state index in [1.165, 1.54) is 38.3 Å². The highest BCUT2D eigenvalue weighted by atomic mass is 16.3. The number of nitrogens with one attached hydrogen (secondary N) is 2. The maximum Gasteiger partial charge on any atom is 0.237 e. The van der Waals surface area contributed by atoms with E-state index in [0.717, 1.165) is 25.7 Å². The molecule has 47 heavy (non-hydrogen) atoms. The number of benzene rings is 2. The third-order valence-electron chi connectivity index (χ3n) is 10.1. The lowest BCUT2D eigenvalue weighted by atomic mass is 9.77. The molecule has 1 aromatic heterocycles. The average Bonchev–Trinajstić information content (AvgIpc) is 3.47. The summed E-state index contributed by atoms with van der Waals surface area (Å²) in [6, 6.07) is 7.13. The number of amides is 1. The summed E-state index contributed by atoms with van der Waals surface area (Å²) in [6.45, 7) is 9.24. The highest BCUT2D eigenvalue weighted by Crippen LogP contribution is 2.37. The van der Waals surface area contributed by atoms with Crippen LogP contribution in [0.2, 0.25) is 0 Å². The second-order valence-corrected chi connectivity index (χ2v) is 13.9. The zero-order valence-corrected chi connectivity index (χ0v) is 28.5. The number of carbonyl (C=O) groups excluding carboxylic acids is 3. The van der Waals surface area contributed by atoms with E-state index in [0.29, 0.717) is 33.9 Å². The van der Waals surface area contributed by atoms with Crippen molar-refractivity contribution in [2.24, 2.45) is 35.1 Å². The fourth-order valence-corrected chi connectivity index (χ4v) is 6.82. The van der Waals surface area contributed by atoms with E-state index in [4.69, 9.17) is 11.5 Å². The molecule has 1 fully saturated rings. The molecule has 2 aromatic carbocycles. The molecule has 10 nitrogen and oxygen atoms in total. The van der Waals surface area contributed by atoms with Crippen LogP contribution in [0.25, 0.3) is 22.2 Å². The molecule has 0 bridgehead atoms. The summed E-state index contributed by atoms with van der Waals surface area (Å²) in [5.74, 6) is -0.696. The van der Waals surface area contributed by atoms with Crippen molar-refractivity contribution in [1.82, 2.24) is 15.3 Å². The van der Waals surface area contributed by atoms with Crippen molar-refractivity contribution >= 4 is 28.5 Å². The normalized spacial score (nSPS) is 17.3. The number of phenols is 1. The summed E-state index contributed by atoms with van der Waals surface area (Å²) in [5, 5.41) is 24.1. The molecule has 1 heterocycles. The number of hydrogen-bond donors (Lipinski definition) is 6. The number of aromatic nitrogens is 2. The van der Waals surface area contributed by atoms with Crippen LogP contribution in [0.4, 0.5) is 0 Å². The number of aromatic hydroxyl groups is 1. The second-order valence-electron chi connectivity index (χ2n) is 13.9. The number of nitrogens with two attached hydrogens (primary N) is 2. The Bertz CT molecular complexity index is 1540. The number of hydrogen-bond acceptors (Lipinski definition) is 8. The molecule has 5 atom stereocenters. The lowest BCUT2D eigenvalue weighted by Crippen LogP contribution is -2.44. The van der Waals surface area contributed by atoms with Gasteiger partial charge in [0.05, 0.1) is 29.8 Å². The molecule has 0 spiro atoms. The Morgan fingerprint density at radius 1 is 1.04 bits per heavy atom. The quantitative estimate of drug-likeness (QED) is 0.115. The number of carbonyl (C=O) groups is 3. The summed E-state index contributed by atoms with van der Waals surface area (Å²) >= 11 is 0. The molecule has 8 N–H and O–H groups in total. The van der Waals surface area contributed by atoms with E-state index in [2.05, 4.69) is 15.3 Å². The van der Waals surface area contributed by atoms with Crippen LogP contribution in [0.1, 0.15) is 113 Å². The van der Waals surface area contributed by atoms with E-state index in [1.807, 2.05) is 27.7 Å². The van der Waals surface area contributed by atoms with Gasteiger partial charge in [-0.05, 0) is 66.8 Å². The SMILES string of the molecule is CC[C@H](C)[C@H](N)C(=O)NCc1nc2c(C(C)=O)c(C(=O)C(C[C@H](O)[C@@H](N)CC3CCCCC3)C(C)C)c(-c3ccc(O)cc3)cc2[nH]1. The number of aliphatic hydroxyl groups excluding tert-OH is 1. The predicted molar refractivity (Wildman–Crippen MR) is 185 cm³/mol. The predicted octanol–water partition coefficient (Wildman–Crippen LogP) is 5.63. The first kappa shape index (κ1) is 36.2. The van der Waals surface area contributed by atoms with Gasteiger partial charge < -0.3 is 32.0 Å². The first-order chi connectivity index (χ1) is 22.3. The zero-order valence-electron chi connectivity index (χ0n) is 28.5. The van der Waals surface area contributed by atoms with E-state index in [1.54, 1.807) is 18.2 Å². The molecule has 1 saturated carbocycles. The summed E-state index contributed by atoms with van der Waals surface area (Å²) in [5.41, 5.74) is 15.0. The molecule has 1 unspecified atom stereocenters. The average molecular weight is 648 g/mol. The van der Waals surface area contributed by atoms with Crippen LogP contribution in [-0.4, -0.2) is 55.8 Å². The molecule has 10 heteroatoms. The Labute approximate surface area is 278 Å². The van der Waals surface area contributed by atoms with E-state index < -0.39 is 24.1 Å². The van der Waals surface area contributed by atoms with Gasteiger partial charge in [-0.1, -0.05) is 78.4 Å². The third-order valence-corrected chi connectivity index (χ3v) is 10.1. The van der Waals surface area contributed by atoms with Crippen molar-refractivity contribution in [3.63, 3.8) is 0 Å². The van der Waals surface area contributed by atoms with Gasteiger partial charge in [0.25, 0.3) is 0 Å². The number of aromatic amines is 1. The van der Waals surface area contributed by atoms with Crippen molar-refractivity contribution in [2.75, 3.05) is 0 Å². The molecule has 0 saturated heterocycles. The third kappa shape index (κ3) is 8.66. The van der Waals surface area contributed by atoms with Gasteiger partial charge in [0.2, 0.25) is 5.91 Å². The van der Waals surface area contributed by atoms with Gasteiger partial charge in [0.15, 0.2) is 11.6 Å². The maximum absolute atomic E-state index is 14.7. The number of nitrogens with zero attached hydrogens (tertiary/aromatic N) is 1. The molecule has 0 radical (unpaired) electrons. The maximum atomic E-state index is 14.7. The number of imidazole rings is 1. The second kappa shape index (κ2) is 16.0. The molecular formula is C37H53N5O5. The van der Waals surface area contributed by atoms with Gasteiger partial charge in [-0.2, -0.15) is 0 Å². The molecule has 3 aromatic rings. The molecule has 1 aliphatic carbocycles. The number of rotatable bonds is 15. The van der Waals surface area contributed by atoms with Crippen molar-refractivity contribution in [1.29, 1.82) is 0 Å². The molecule has 0 aliphatic heterocycles. The lowest BCUT2D eigenvalue weighted by molar-refractivity contribution is -0.123. The Kier molecular flexibility index (Phi) is 12.3. The van der Waals surface area contributed by atoms with Crippen molar-refractivity contribution in [3.05, 3.63) is 47.3 Å². The highest BCUT2D eigenvalue weighted by molar-refractivity contribution is 6.19. The molecule has 1 amide bonds. The fourth-order valence-electron chi connectivity index (χ4n) is 6.82. The van der Waals surface area contributed by atoms with Gasteiger partial charge in [-0.15, -0.1) is 0 Å². The van der Waals surface area contributed by atoms with Crippen LogP contribution < -0.4 is 16.8 Å². The number of ketones is 2. The minimum absolute atomic E-state index is 0.00524. The molecular weight excluding hydrogens is 594 g/mol. The van der Waals surface area contributed by atoms with Gasteiger partial charge >= 0.3 is 0 Å². The van der Waals surface area contributed by atoms with Crippen LogP contribution in [0, 0.1) is 23.7 Å². The first-order valence-electron chi connectivity index (χ1n) is 17.2. The number of Topliss-reactive ketones (excluding diaryl/α,β-unsaturated/α-hetero) is 2. The smallest absolute Gasteiger partial charge is 0.237 e. The number of H-pyrrole nitrogens is 1. The van der Waals surface area contributed by atoms with Crippen molar-refractivity contribution in [2.45, 2.75) is 111 Å². The Morgan fingerprint density at radius 3 is 2.30 bits per heavy atom. The number of fused-ring (bicyclic) bond motifs is 1. The first-order valence-corrected chi connectivity index (χ1v) is 17.2. The van der Waals surface area contributed by atoms with Gasteiger partial charge in [-0.25, -0.2) is 4.98 Å². The van der Waals surface area contributed by atoms with Crippen LogP contribution in [0.5, 0.6) is 5.75 Å². The Balaban J connectivity index is 1.75. The lowest BCUT2D eigenvalue weighted by Gasteiger charge is -2.30. The number of aliphatic hydroxyl groups is 1. The minimum atomic E-state index is -0.877. The molecule has 4 rings (SSSR count). The Morgan fingerprint density at radius 2 is 1.70 bits per heavy atom. The van der Waals surface area contributed by atoms with Crippen LogP contribution in [0.15, 0.2) is 30.3 Å². The monoisotopic (exact) mass is 647 g/mol. The van der Waals surface area contributed by atoms with Crippen LogP contribution in [0.3, 0.4) is 0 Å². The topological polar surface area (TPSA) is 184 Å². The largest absolute Gasteiger partial charge is 0.508 e. The summed E-state index contributed by atoms with van der Waals surface area (Å²) in [7, 11) is 0. The van der Waals surface area contributed by atoms with Crippen LogP contribution >= 0.6 is 0 Å². The van der Waals surface area contributed by atoms with Crippen molar-refractivity contribution in [3.8, 4) is 16.9 Å². The van der Waals surface area contributed by atoms with E-state index in [9.17, 15) is 24.6 Å². The fraction of sp³-hybridized carbons (Fsp3) is 0.568. The summed E-state index contributed by atoms with van der Waals surface area (Å²) < 4.78 is 0. The van der Waals surface area contributed by atoms with Crippen molar-refractivity contribution < 1.29 is 24.6 Å². The minimum Gasteiger partial charge on any atom is -0.508 e. The van der Waals surface area contributed by atoms with Gasteiger partial charge in [0.1, 0.15) is 17.1 Å². The highest BCUT2D eigenvalue weighted by Gasteiger charge is 2.34. The van der Waals surface area contributed by atoms with E-state index in [-0.39, 0.29) is 59.2 Å². The molecule has 1 aliphatic rings. The summed E-state index contributed by atoms with van der Waals surface area (Å²) in [6.07, 6.45) is 6.62. The van der Waals surface area contributed by atoms with Gasteiger partial charge in [-0.3, -0.25) is 14.4 Å². The van der Waals surface area contributed by atoms with Crippen LogP contribution in [-0.2, 0) is 11.3 Å². The standard InChI is InChI=1S/C37H53N5O5/c1-6-21(4)34(39)37(47)40-19-31-41-29-17-27(24-12-14-25(44)15-13-24)33(32(22(5)43)35(29)42-31)36(46)26(20(2)3)18-30(45)28(38)16-23-10-8-7-9-11-23/h12-15,17,20-21,23,26,28,30,34,44-45H,6-11,16,18-19,38-39H2,1-5H3,(H,40,47)(H,41,42)/t21-,26?,28-,30-,34-/m0/s1. The summed E-state index contributed by atoms with van der Waals surface area (Å²) in [4.78, 5) is 48.7. The number of phenolic OH excluding ortho intramolecular Hbond substituents is 1. The van der Waals surface area contributed by atoms with E-state index >= 15 is 0 Å².